The van der Waals surface area contributed by atoms with Crippen molar-refractivity contribution in [2.45, 2.75) is 26.7 Å². The molecule has 0 aliphatic carbocycles. The standard InChI is InChI=1S/C14H13ClN2OS/c1-8(2)13-11(7-16)14(19-17-13)18-12-6-10(15)5-4-9(12)3/h4-6,8H,1-3H3. The quantitative estimate of drug-likeness (QED) is 0.809. The molecular weight excluding hydrogens is 280 g/mol. The number of aryl methyl sites for hydroxylation is 1. The number of halogens is 1. The first-order chi connectivity index (χ1) is 9.02. The van der Waals surface area contributed by atoms with Crippen LogP contribution in [0.25, 0.3) is 0 Å². The zero-order valence-corrected chi connectivity index (χ0v) is 12.5. The SMILES string of the molecule is Cc1ccc(Cl)cc1Oc1snc(C(C)C)c1C#N. The van der Waals surface area contributed by atoms with Gasteiger partial charge in [-0.2, -0.15) is 9.64 Å². The number of hydrogen-bond donors (Lipinski definition) is 0. The molecule has 0 unspecified atom stereocenters. The highest BCUT2D eigenvalue weighted by Crippen LogP contribution is 2.36. The maximum absolute atomic E-state index is 9.25. The van der Waals surface area contributed by atoms with E-state index < -0.39 is 0 Å². The van der Waals surface area contributed by atoms with Gasteiger partial charge in [0.05, 0.1) is 5.69 Å². The van der Waals surface area contributed by atoms with Gasteiger partial charge in [-0.05, 0) is 30.5 Å². The van der Waals surface area contributed by atoms with Gasteiger partial charge in [0.15, 0.2) is 0 Å². The van der Waals surface area contributed by atoms with Crippen molar-refractivity contribution in [1.29, 1.82) is 5.26 Å². The van der Waals surface area contributed by atoms with Crippen LogP contribution in [-0.2, 0) is 0 Å². The average Bonchev–Trinajstić information content (AvgIpc) is 2.76. The molecule has 0 aliphatic rings. The third-order valence-corrected chi connectivity index (χ3v) is 3.68. The van der Waals surface area contributed by atoms with E-state index in [4.69, 9.17) is 16.3 Å². The van der Waals surface area contributed by atoms with Crippen LogP contribution in [0.15, 0.2) is 18.2 Å². The highest BCUT2D eigenvalue weighted by atomic mass is 35.5. The highest BCUT2D eigenvalue weighted by molar-refractivity contribution is 7.08. The fraction of sp³-hybridized carbons (Fsp3) is 0.286. The van der Waals surface area contributed by atoms with E-state index in [-0.39, 0.29) is 5.92 Å². The Balaban J connectivity index is 2.39. The second-order valence-corrected chi connectivity index (χ2v) is 5.68. The highest BCUT2D eigenvalue weighted by Gasteiger charge is 2.18. The molecule has 5 heteroatoms. The lowest BCUT2D eigenvalue weighted by atomic mass is 10.1. The number of ether oxygens (including phenoxy) is 1. The molecular formula is C14H13ClN2OS. The monoisotopic (exact) mass is 292 g/mol. The van der Waals surface area contributed by atoms with Crippen molar-refractivity contribution in [3.8, 4) is 16.9 Å². The minimum atomic E-state index is 0.198. The molecule has 2 aromatic rings. The maximum atomic E-state index is 9.25. The Bertz CT molecular complexity index is 643. The topological polar surface area (TPSA) is 45.9 Å². The molecule has 0 spiro atoms. The van der Waals surface area contributed by atoms with Crippen LogP contribution in [0.3, 0.4) is 0 Å². The predicted molar refractivity (Wildman–Crippen MR) is 77.2 cm³/mol. The first-order valence-corrected chi connectivity index (χ1v) is 7.01. The zero-order valence-electron chi connectivity index (χ0n) is 10.9. The van der Waals surface area contributed by atoms with E-state index in [1.165, 1.54) is 11.5 Å². The van der Waals surface area contributed by atoms with Crippen molar-refractivity contribution in [2.75, 3.05) is 0 Å². The molecule has 1 heterocycles. The molecule has 0 saturated heterocycles. The summed E-state index contributed by atoms with van der Waals surface area (Å²) in [5.41, 5.74) is 2.26. The fourth-order valence-corrected chi connectivity index (χ4v) is 2.65. The molecule has 0 radical (unpaired) electrons. The van der Waals surface area contributed by atoms with E-state index in [1.807, 2.05) is 26.8 Å². The third kappa shape index (κ3) is 2.89. The number of aromatic nitrogens is 1. The van der Waals surface area contributed by atoms with Crippen molar-refractivity contribution in [1.82, 2.24) is 4.37 Å². The molecule has 0 N–H and O–H groups in total. The van der Waals surface area contributed by atoms with Crippen LogP contribution in [0.5, 0.6) is 10.8 Å². The van der Waals surface area contributed by atoms with Gasteiger partial charge in [0, 0.05) is 16.6 Å². The lowest BCUT2D eigenvalue weighted by Gasteiger charge is -2.07. The van der Waals surface area contributed by atoms with Crippen molar-refractivity contribution in [2.24, 2.45) is 0 Å². The van der Waals surface area contributed by atoms with Crippen molar-refractivity contribution < 1.29 is 4.74 Å². The lowest BCUT2D eigenvalue weighted by Crippen LogP contribution is -1.92. The number of benzene rings is 1. The van der Waals surface area contributed by atoms with E-state index in [9.17, 15) is 5.26 Å². The molecule has 2 rings (SSSR count). The number of hydrogen-bond acceptors (Lipinski definition) is 4. The summed E-state index contributed by atoms with van der Waals surface area (Å²) in [6.45, 7) is 5.94. The van der Waals surface area contributed by atoms with Crippen LogP contribution < -0.4 is 4.74 Å². The van der Waals surface area contributed by atoms with Crippen LogP contribution >= 0.6 is 23.1 Å². The van der Waals surface area contributed by atoms with E-state index >= 15 is 0 Å². The molecule has 1 aromatic carbocycles. The Morgan fingerprint density at radius 2 is 2.16 bits per heavy atom. The van der Waals surface area contributed by atoms with Crippen LogP contribution in [0.2, 0.25) is 5.02 Å². The summed E-state index contributed by atoms with van der Waals surface area (Å²) in [6, 6.07) is 7.60. The molecule has 1 aromatic heterocycles. The Morgan fingerprint density at radius 3 is 2.79 bits per heavy atom. The average molecular weight is 293 g/mol. The molecule has 0 bridgehead atoms. The molecule has 0 amide bonds. The second-order valence-electron chi connectivity index (χ2n) is 4.51. The first-order valence-electron chi connectivity index (χ1n) is 5.86. The van der Waals surface area contributed by atoms with Gasteiger partial charge in [0.25, 0.3) is 0 Å². The summed E-state index contributed by atoms with van der Waals surface area (Å²) in [6.07, 6.45) is 0. The van der Waals surface area contributed by atoms with E-state index in [1.54, 1.807) is 12.1 Å². The summed E-state index contributed by atoms with van der Waals surface area (Å²) >= 11 is 7.16. The molecule has 3 nitrogen and oxygen atoms in total. The summed E-state index contributed by atoms with van der Waals surface area (Å²) in [5, 5.41) is 10.4. The Kier molecular flexibility index (Phi) is 4.08. The molecule has 98 valence electrons. The smallest absolute Gasteiger partial charge is 0.218 e. The van der Waals surface area contributed by atoms with E-state index in [0.29, 0.717) is 21.4 Å². The van der Waals surface area contributed by atoms with Crippen LogP contribution in [0, 0.1) is 18.3 Å². The fourth-order valence-electron chi connectivity index (χ4n) is 1.64. The Morgan fingerprint density at radius 1 is 1.42 bits per heavy atom. The maximum Gasteiger partial charge on any atom is 0.218 e. The number of nitrogens with zero attached hydrogens (tertiary/aromatic N) is 2. The van der Waals surface area contributed by atoms with Crippen molar-refractivity contribution >= 4 is 23.1 Å². The zero-order chi connectivity index (χ0) is 14.0. The van der Waals surface area contributed by atoms with Crippen molar-refractivity contribution in [3.05, 3.63) is 40.0 Å². The summed E-state index contributed by atoms with van der Waals surface area (Å²) in [7, 11) is 0. The predicted octanol–water partition coefficient (Wildman–Crippen LogP) is 4.89. The van der Waals surface area contributed by atoms with Crippen LogP contribution in [-0.4, -0.2) is 4.37 Å². The van der Waals surface area contributed by atoms with Gasteiger partial charge in [0.1, 0.15) is 17.4 Å². The van der Waals surface area contributed by atoms with Gasteiger partial charge in [-0.15, -0.1) is 0 Å². The summed E-state index contributed by atoms with van der Waals surface area (Å²) < 4.78 is 10.1. The molecule has 0 atom stereocenters. The molecule has 0 fully saturated rings. The van der Waals surface area contributed by atoms with Crippen LogP contribution in [0.4, 0.5) is 0 Å². The normalized spacial score (nSPS) is 10.5. The van der Waals surface area contributed by atoms with Gasteiger partial charge in [0.2, 0.25) is 5.06 Å². The first kappa shape index (κ1) is 13.9. The minimum absolute atomic E-state index is 0.198. The van der Waals surface area contributed by atoms with Gasteiger partial charge < -0.3 is 4.74 Å². The van der Waals surface area contributed by atoms with E-state index in [0.717, 1.165) is 11.3 Å². The van der Waals surface area contributed by atoms with Crippen molar-refractivity contribution in [3.63, 3.8) is 0 Å². The van der Waals surface area contributed by atoms with Gasteiger partial charge in [-0.1, -0.05) is 31.5 Å². The summed E-state index contributed by atoms with van der Waals surface area (Å²) in [4.78, 5) is 0. The van der Waals surface area contributed by atoms with E-state index in [2.05, 4.69) is 10.4 Å². The van der Waals surface area contributed by atoms with Gasteiger partial charge >= 0.3 is 0 Å². The third-order valence-electron chi connectivity index (χ3n) is 2.70. The Labute approximate surface area is 121 Å². The minimum Gasteiger partial charge on any atom is -0.443 e. The Hall–Kier alpha value is -1.57. The molecule has 0 aliphatic heterocycles. The summed E-state index contributed by atoms with van der Waals surface area (Å²) in [5.74, 6) is 0.853. The van der Waals surface area contributed by atoms with Crippen LogP contribution in [0.1, 0.15) is 36.6 Å². The molecule has 0 saturated carbocycles. The molecule has 19 heavy (non-hydrogen) atoms. The van der Waals surface area contributed by atoms with Gasteiger partial charge in [-0.3, -0.25) is 0 Å². The number of rotatable bonds is 3. The van der Waals surface area contributed by atoms with Gasteiger partial charge in [-0.25, -0.2) is 0 Å². The largest absolute Gasteiger partial charge is 0.443 e. The number of nitriles is 1. The second kappa shape index (κ2) is 5.60. The lowest BCUT2D eigenvalue weighted by molar-refractivity contribution is 0.490.